The number of fused-ring (bicyclic) bond motifs is 1. The van der Waals surface area contributed by atoms with Crippen molar-refractivity contribution in [2.45, 2.75) is 17.9 Å². The molecule has 0 aliphatic rings. The van der Waals surface area contributed by atoms with Crippen LogP contribution in [-0.2, 0) is 17.1 Å². The van der Waals surface area contributed by atoms with Crippen LogP contribution in [0.5, 0.6) is 0 Å². The molecule has 148 valence electrons. The first-order valence-corrected chi connectivity index (χ1v) is 11.0. The summed E-state index contributed by atoms with van der Waals surface area (Å²) in [6.45, 7) is 2.49. The molecule has 0 aliphatic carbocycles. The van der Waals surface area contributed by atoms with E-state index < -0.39 is 10.0 Å². The van der Waals surface area contributed by atoms with E-state index >= 15 is 0 Å². The maximum atomic E-state index is 12.5. The lowest BCUT2D eigenvalue weighted by Crippen LogP contribution is -2.35. The Balaban J connectivity index is 1.64. The Morgan fingerprint density at radius 3 is 2.50 bits per heavy atom. The minimum absolute atomic E-state index is 0.106. The topological polar surface area (TPSA) is 93.1 Å². The molecular formula is C19H21BrN4O3S. The molecule has 9 heteroatoms. The molecule has 1 unspecified atom stereocenters. The zero-order valence-electron chi connectivity index (χ0n) is 15.5. The summed E-state index contributed by atoms with van der Waals surface area (Å²) in [6, 6.07) is 13.4. The molecule has 2 aromatic carbocycles. The Kier molecular flexibility index (Phi) is 6.29. The van der Waals surface area contributed by atoms with Gasteiger partial charge in [-0.2, -0.15) is 0 Å². The number of para-hydroxylation sites is 1. The van der Waals surface area contributed by atoms with Gasteiger partial charge in [-0.3, -0.25) is 9.36 Å². The van der Waals surface area contributed by atoms with Crippen molar-refractivity contribution in [3.63, 3.8) is 0 Å². The largest absolute Gasteiger partial charge is 0.306 e. The van der Waals surface area contributed by atoms with E-state index in [1.54, 1.807) is 31.3 Å². The van der Waals surface area contributed by atoms with Gasteiger partial charge in [-0.1, -0.05) is 28.1 Å². The summed E-state index contributed by atoms with van der Waals surface area (Å²) in [6.07, 6.45) is 0. The van der Waals surface area contributed by atoms with Gasteiger partial charge in [0, 0.05) is 24.6 Å². The average molecular weight is 465 g/mol. The van der Waals surface area contributed by atoms with Crippen LogP contribution in [0.15, 0.2) is 62.7 Å². The van der Waals surface area contributed by atoms with Crippen LogP contribution in [0.1, 0.15) is 18.8 Å². The van der Waals surface area contributed by atoms with Crippen molar-refractivity contribution < 1.29 is 8.42 Å². The number of hydrogen-bond acceptors (Lipinski definition) is 5. The summed E-state index contributed by atoms with van der Waals surface area (Å²) in [7, 11) is -1.88. The van der Waals surface area contributed by atoms with Crippen molar-refractivity contribution in [2.75, 3.05) is 13.1 Å². The SMILES string of the molecule is CC(NCCNS(=O)(=O)c1ccc(Br)cc1)c1nc2ccccc2c(=O)n1C. The molecule has 28 heavy (non-hydrogen) atoms. The van der Waals surface area contributed by atoms with E-state index in [1.165, 1.54) is 16.7 Å². The maximum absolute atomic E-state index is 12.5. The number of rotatable bonds is 7. The predicted octanol–water partition coefficient (Wildman–Crippen LogP) is 2.33. The molecule has 7 nitrogen and oxygen atoms in total. The van der Waals surface area contributed by atoms with Crippen molar-refractivity contribution >= 4 is 36.9 Å². The second kappa shape index (κ2) is 8.52. The van der Waals surface area contributed by atoms with Crippen LogP contribution in [0.4, 0.5) is 0 Å². The number of benzene rings is 2. The molecule has 3 aromatic rings. The fourth-order valence-electron chi connectivity index (χ4n) is 2.88. The van der Waals surface area contributed by atoms with Gasteiger partial charge in [0.25, 0.3) is 5.56 Å². The third-order valence-electron chi connectivity index (χ3n) is 4.40. The van der Waals surface area contributed by atoms with Gasteiger partial charge < -0.3 is 5.32 Å². The standard InChI is InChI=1S/C19H21BrN4O3S/c1-13(18-23-17-6-4-3-5-16(17)19(25)24(18)2)21-11-12-22-28(26,27)15-9-7-14(20)8-10-15/h3-10,13,21-22H,11-12H2,1-2H3. The van der Waals surface area contributed by atoms with E-state index in [2.05, 4.69) is 31.0 Å². The maximum Gasteiger partial charge on any atom is 0.261 e. The lowest BCUT2D eigenvalue weighted by Gasteiger charge is -2.17. The van der Waals surface area contributed by atoms with Gasteiger partial charge in [-0.25, -0.2) is 18.1 Å². The van der Waals surface area contributed by atoms with Gasteiger partial charge >= 0.3 is 0 Å². The smallest absolute Gasteiger partial charge is 0.261 e. The predicted molar refractivity (Wildman–Crippen MR) is 113 cm³/mol. The Bertz CT molecular complexity index is 1140. The Morgan fingerprint density at radius 2 is 1.79 bits per heavy atom. The first kappa shape index (κ1) is 20.7. The molecule has 1 aromatic heterocycles. The summed E-state index contributed by atoms with van der Waals surface area (Å²) in [4.78, 5) is 17.3. The number of aromatic nitrogens is 2. The number of nitrogens with one attached hydrogen (secondary N) is 2. The Hall–Kier alpha value is -2.07. The molecular weight excluding hydrogens is 444 g/mol. The molecule has 0 bridgehead atoms. The van der Waals surface area contributed by atoms with E-state index in [0.29, 0.717) is 23.3 Å². The zero-order chi connectivity index (χ0) is 20.3. The second-order valence-corrected chi connectivity index (χ2v) is 9.06. The minimum atomic E-state index is -3.56. The van der Waals surface area contributed by atoms with E-state index in [0.717, 1.165) is 4.47 Å². The molecule has 0 saturated heterocycles. The van der Waals surface area contributed by atoms with Crippen molar-refractivity contribution in [2.24, 2.45) is 7.05 Å². The first-order valence-electron chi connectivity index (χ1n) is 8.74. The minimum Gasteiger partial charge on any atom is -0.306 e. The lowest BCUT2D eigenvalue weighted by atomic mass is 10.2. The molecule has 3 rings (SSSR count). The van der Waals surface area contributed by atoms with Gasteiger partial charge in [-0.05, 0) is 43.3 Å². The summed E-state index contributed by atoms with van der Waals surface area (Å²) in [5.41, 5.74) is 0.537. The van der Waals surface area contributed by atoms with Crippen LogP contribution in [0.3, 0.4) is 0 Å². The highest BCUT2D eigenvalue weighted by atomic mass is 79.9. The molecule has 0 radical (unpaired) electrons. The van der Waals surface area contributed by atoms with Crippen LogP contribution in [0.25, 0.3) is 10.9 Å². The van der Waals surface area contributed by atoms with E-state index in [4.69, 9.17) is 0 Å². The summed E-state index contributed by atoms with van der Waals surface area (Å²) >= 11 is 3.28. The molecule has 0 aliphatic heterocycles. The van der Waals surface area contributed by atoms with Gasteiger partial charge in [0.05, 0.1) is 21.8 Å². The van der Waals surface area contributed by atoms with E-state index in [1.807, 2.05) is 19.1 Å². The van der Waals surface area contributed by atoms with Gasteiger partial charge in [-0.15, -0.1) is 0 Å². The van der Waals surface area contributed by atoms with Gasteiger partial charge in [0.15, 0.2) is 0 Å². The highest BCUT2D eigenvalue weighted by molar-refractivity contribution is 9.10. The zero-order valence-corrected chi connectivity index (χ0v) is 17.9. The number of hydrogen-bond donors (Lipinski definition) is 2. The van der Waals surface area contributed by atoms with Crippen molar-refractivity contribution in [3.8, 4) is 0 Å². The van der Waals surface area contributed by atoms with Gasteiger partial charge in [0.1, 0.15) is 5.82 Å². The van der Waals surface area contributed by atoms with E-state index in [9.17, 15) is 13.2 Å². The van der Waals surface area contributed by atoms with Gasteiger partial charge in [0.2, 0.25) is 10.0 Å². The number of halogens is 1. The van der Waals surface area contributed by atoms with Crippen LogP contribution in [0.2, 0.25) is 0 Å². The summed E-state index contributed by atoms with van der Waals surface area (Å²) in [5, 5.41) is 3.78. The lowest BCUT2D eigenvalue weighted by molar-refractivity contribution is 0.517. The quantitative estimate of drug-likeness (QED) is 0.523. The van der Waals surface area contributed by atoms with Crippen LogP contribution < -0.4 is 15.6 Å². The molecule has 2 N–H and O–H groups in total. The third-order valence-corrected chi connectivity index (χ3v) is 6.40. The molecule has 0 fully saturated rings. The van der Waals surface area contributed by atoms with Crippen LogP contribution in [0, 0.1) is 0 Å². The first-order chi connectivity index (χ1) is 13.3. The molecule has 0 amide bonds. The molecule has 1 heterocycles. The third kappa shape index (κ3) is 4.49. The van der Waals surface area contributed by atoms with Crippen LogP contribution in [-0.4, -0.2) is 31.1 Å². The van der Waals surface area contributed by atoms with Crippen molar-refractivity contribution in [1.29, 1.82) is 0 Å². The van der Waals surface area contributed by atoms with Crippen LogP contribution >= 0.6 is 15.9 Å². The molecule has 0 saturated carbocycles. The fourth-order valence-corrected chi connectivity index (χ4v) is 4.18. The Morgan fingerprint density at radius 1 is 1.11 bits per heavy atom. The monoisotopic (exact) mass is 464 g/mol. The molecule has 0 spiro atoms. The van der Waals surface area contributed by atoms with E-state index in [-0.39, 0.29) is 23.0 Å². The summed E-state index contributed by atoms with van der Waals surface area (Å²) in [5.74, 6) is 0.597. The molecule has 1 atom stereocenters. The van der Waals surface area contributed by atoms with Crippen molar-refractivity contribution in [1.82, 2.24) is 19.6 Å². The summed E-state index contributed by atoms with van der Waals surface area (Å²) < 4.78 is 29.5. The number of nitrogens with zero attached hydrogens (tertiary/aromatic N) is 2. The number of sulfonamides is 1. The average Bonchev–Trinajstić information content (AvgIpc) is 2.68. The normalized spacial score (nSPS) is 13.0. The highest BCUT2D eigenvalue weighted by Crippen LogP contribution is 2.15. The second-order valence-electron chi connectivity index (χ2n) is 6.38. The Labute approximate surface area is 172 Å². The van der Waals surface area contributed by atoms with Crippen molar-refractivity contribution in [3.05, 3.63) is 69.2 Å². The highest BCUT2D eigenvalue weighted by Gasteiger charge is 2.15. The fraction of sp³-hybridized carbons (Fsp3) is 0.263.